The number of carbonyl (C=O) groups is 1. The van der Waals surface area contributed by atoms with Crippen molar-refractivity contribution in [2.75, 3.05) is 5.32 Å². The average molecular weight is 408 g/mol. The third kappa shape index (κ3) is 3.19. The number of hydrogen-bond acceptors (Lipinski definition) is 1. The Morgan fingerprint density at radius 3 is 2.48 bits per heavy atom. The molecular weight excluding hydrogens is 397 g/mol. The maximum Gasteiger partial charge on any atom is 0.255 e. The Kier molecular flexibility index (Phi) is 4.12. The van der Waals surface area contributed by atoms with Crippen LogP contribution in [0.25, 0.3) is 10.8 Å². The molecule has 0 fully saturated rings. The fourth-order valence-electron chi connectivity index (χ4n) is 2.12. The lowest BCUT2D eigenvalue weighted by molar-refractivity contribution is 0.102. The lowest BCUT2D eigenvalue weighted by atomic mass is 10.1. The van der Waals surface area contributed by atoms with Crippen molar-refractivity contribution in [1.29, 1.82) is 0 Å². The first-order valence-corrected chi connectivity index (χ1v) is 7.84. The van der Waals surface area contributed by atoms with Gasteiger partial charge in [0.2, 0.25) is 0 Å². The smallest absolute Gasteiger partial charge is 0.255 e. The van der Waals surface area contributed by atoms with Crippen LogP contribution in [0.15, 0.2) is 60.7 Å². The standard InChI is InChI=1S/C17H11ClINO/c18-14-7-8-16(15(19)10-14)20-17(21)13-6-5-11-3-1-2-4-12(11)9-13/h1-10H,(H,20,21). The second-order valence-corrected chi connectivity index (χ2v) is 6.24. The Hall–Kier alpha value is -1.59. The normalized spacial score (nSPS) is 10.6. The number of anilines is 1. The molecular formula is C17H11ClINO. The van der Waals surface area contributed by atoms with Crippen LogP contribution in [-0.4, -0.2) is 5.91 Å². The zero-order valence-corrected chi connectivity index (χ0v) is 13.9. The minimum atomic E-state index is -0.124. The monoisotopic (exact) mass is 407 g/mol. The topological polar surface area (TPSA) is 29.1 Å². The van der Waals surface area contributed by atoms with E-state index >= 15 is 0 Å². The molecule has 21 heavy (non-hydrogen) atoms. The largest absolute Gasteiger partial charge is 0.321 e. The van der Waals surface area contributed by atoms with Crippen LogP contribution < -0.4 is 5.32 Å². The molecule has 0 saturated heterocycles. The van der Waals surface area contributed by atoms with Crippen molar-refractivity contribution < 1.29 is 4.79 Å². The summed E-state index contributed by atoms with van der Waals surface area (Å²) in [5.41, 5.74) is 1.40. The van der Waals surface area contributed by atoms with E-state index in [4.69, 9.17) is 11.6 Å². The highest BCUT2D eigenvalue weighted by Gasteiger charge is 2.09. The number of benzene rings is 3. The van der Waals surface area contributed by atoms with Crippen molar-refractivity contribution in [2.45, 2.75) is 0 Å². The number of amides is 1. The van der Waals surface area contributed by atoms with E-state index in [0.29, 0.717) is 10.6 Å². The Bertz CT molecular complexity index is 832. The highest BCUT2D eigenvalue weighted by Crippen LogP contribution is 2.23. The van der Waals surface area contributed by atoms with Crippen molar-refractivity contribution in [1.82, 2.24) is 0 Å². The highest BCUT2D eigenvalue weighted by atomic mass is 127. The van der Waals surface area contributed by atoms with Crippen LogP contribution in [0, 0.1) is 3.57 Å². The Labute approximate surface area is 141 Å². The van der Waals surface area contributed by atoms with E-state index in [9.17, 15) is 4.79 Å². The molecule has 0 saturated carbocycles. The van der Waals surface area contributed by atoms with Gasteiger partial charge in [0.1, 0.15) is 0 Å². The van der Waals surface area contributed by atoms with Crippen molar-refractivity contribution >= 4 is 56.6 Å². The summed E-state index contributed by atoms with van der Waals surface area (Å²) in [6.45, 7) is 0. The Balaban J connectivity index is 1.89. The van der Waals surface area contributed by atoms with Gasteiger partial charge in [0.15, 0.2) is 0 Å². The van der Waals surface area contributed by atoms with Crippen molar-refractivity contribution in [2.24, 2.45) is 0 Å². The second kappa shape index (κ2) is 6.03. The molecule has 0 aliphatic heterocycles. The number of hydrogen-bond donors (Lipinski definition) is 1. The van der Waals surface area contributed by atoms with Gasteiger partial charge in [-0.15, -0.1) is 0 Å². The van der Waals surface area contributed by atoms with E-state index in [1.165, 1.54) is 0 Å². The average Bonchev–Trinajstić information content (AvgIpc) is 2.49. The Morgan fingerprint density at radius 2 is 1.71 bits per heavy atom. The first kappa shape index (κ1) is 14.4. The molecule has 104 valence electrons. The van der Waals surface area contributed by atoms with Crippen molar-refractivity contribution in [3.8, 4) is 0 Å². The van der Waals surface area contributed by atoms with E-state index < -0.39 is 0 Å². The van der Waals surface area contributed by atoms with Crippen molar-refractivity contribution in [3.63, 3.8) is 0 Å². The fourth-order valence-corrected chi connectivity index (χ4v) is 3.12. The summed E-state index contributed by atoms with van der Waals surface area (Å²) >= 11 is 8.07. The predicted octanol–water partition coefficient (Wildman–Crippen LogP) is 5.35. The van der Waals surface area contributed by atoms with E-state index in [1.807, 2.05) is 54.6 Å². The van der Waals surface area contributed by atoms with Crippen LogP contribution in [0.5, 0.6) is 0 Å². The minimum absolute atomic E-state index is 0.124. The molecule has 0 bridgehead atoms. The highest BCUT2D eigenvalue weighted by molar-refractivity contribution is 14.1. The van der Waals surface area contributed by atoms with E-state index in [-0.39, 0.29) is 5.91 Å². The van der Waals surface area contributed by atoms with Gasteiger partial charge in [0.05, 0.1) is 5.69 Å². The third-order valence-corrected chi connectivity index (χ3v) is 4.32. The van der Waals surface area contributed by atoms with Crippen molar-refractivity contribution in [3.05, 3.63) is 74.8 Å². The van der Waals surface area contributed by atoms with Gasteiger partial charge in [-0.3, -0.25) is 4.79 Å². The minimum Gasteiger partial charge on any atom is -0.321 e. The SMILES string of the molecule is O=C(Nc1ccc(Cl)cc1I)c1ccc2ccccc2c1. The summed E-state index contributed by atoms with van der Waals surface area (Å²) in [6.07, 6.45) is 0. The molecule has 0 aliphatic rings. The molecule has 0 aromatic heterocycles. The quantitative estimate of drug-likeness (QED) is 0.570. The molecule has 1 N–H and O–H groups in total. The second-order valence-electron chi connectivity index (χ2n) is 4.64. The van der Waals surface area contributed by atoms with Crippen LogP contribution in [0.4, 0.5) is 5.69 Å². The molecule has 3 rings (SSSR count). The number of fused-ring (bicyclic) bond motifs is 1. The van der Waals surface area contributed by atoms with Gasteiger partial charge in [-0.25, -0.2) is 0 Å². The number of nitrogens with one attached hydrogen (secondary N) is 1. The fraction of sp³-hybridized carbons (Fsp3) is 0. The lowest BCUT2D eigenvalue weighted by Gasteiger charge is -2.08. The van der Waals surface area contributed by atoms with Crippen LogP contribution >= 0.6 is 34.2 Å². The van der Waals surface area contributed by atoms with Crippen LogP contribution in [0.3, 0.4) is 0 Å². The summed E-state index contributed by atoms with van der Waals surface area (Å²) in [4.78, 5) is 12.3. The van der Waals surface area contributed by atoms with Gasteiger partial charge in [0.25, 0.3) is 5.91 Å². The third-order valence-electron chi connectivity index (χ3n) is 3.19. The first-order chi connectivity index (χ1) is 10.1. The van der Waals surface area contributed by atoms with Gasteiger partial charge in [-0.1, -0.05) is 41.9 Å². The number of rotatable bonds is 2. The van der Waals surface area contributed by atoms with Gasteiger partial charge < -0.3 is 5.32 Å². The number of carbonyl (C=O) groups excluding carboxylic acids is 1. The van der Waals surface area contributed by atoms with Crippen LogP contribution in [0.1, 0.15) is 10.4 Å². The maximum atomic E-state index is 12.3. The molecule has 0 atom stereocenters. The molecule has 0 spiro atoms. The molecule has 0 unspecified atom stereocenters. The van der Waals surface area contributed by atoms with E-state index in [1.54, 1.807) is 6.07 Å². The zero-order chi connectivity index (χ0) is 14.8. The first-order valence-electron chi connectivity index (χ1n) is 6.39. The maximum absolute atomic E-state index is 12.3. The van der Waals surface area contributed by atoms with E-state index in [0.717, 1.165) is 20.0 Å². The summed E-state index contributed by atoms with van der Waals surface area (Å²) in [7, 11) is 0. The van der Waals surface area contributed by atoms with Crippen LogP contribution in [-0.2, 0) is 0 Å². The van der Waals surface area contributed by atoms with Gasteiger partial charge in [0, 0.05) is 14.2 Å². The molecule has 3 aromatic carbocycles. The van der Waals surface area contributed by atoms with Crippen LogP contribution in [0.2, 0.25) is 5.02 Å². The summed E-state index contributed by atoms with van der Waals surface area (Å²) in [6, 6.07) is 19.0. The Morgan fingerprint density at radius 1 is 0.952 bits per heavy atom. The number of halogens is 2. The zero-order valence-electron chi connectivity index (χ0n) is 10.9. The molecule has 3 aromatic rings. The summed E-state index contributed by atoms with van der Waals surface area (Å²) < 4.78 is 0.911. The molecule has 4 heteroatoms. The summed E-state index contributed by atoms with van der Waals surface area (Å²) in [5, 5.41) is 5.74. The van der Waals surface area contributed by atoms with E-state index in [2.05, 4.69) is 27.9 Å². The molecule has 0 heterocycles. The molecule has 2 nitrogen and oxygen atoms in total. The molecule has 0 aliphatic carbocycles. The van der Waals surface area contributed by atoms with Gasteiger partial charge in [-0.05, 0) is 63.7 Å². The van der Waals surface area contributed by atoms with Gasteiger partial charge >= 0.3 is 0 Å². The molecule has 1 amide bonds. The summed E-state index contributed by atoms with van der Waals surface area (Å²) in [5.74, 6) is -0.124. The van der Waals surface area contributed by atoms with Gasteiger partial charge in [-0.2, -0.15) is 0 Å². The lowest BCUT2D eigenvalue weighted by Crippen LogP contribution is -2.12. The predicted molar refractivity (Wildman–Crippen MR) is 96.1 cm³/mol. The molecule has 0 radical (unpaired) electrons.